The van der Waals surface area contributed by atoms with E-state index >= 15 is 0 Å². The van der Waals surface area contributed by atoms with Gasteiger partial charge in [0.25, 0.3) is 0 Å². The van der Waals surface area contributed by atoms with Crippen molar-refractivity contribution in [1.82, 2.24) is 25.8 Å². The highest BCUT2D eigenvalue weighted by atomic mass is 127. The number of hydrogen-bond acceptors (Lipinski definition) is 5. The lowest BCUT2D eigenvalue weighted by molar-refractivity contribution is 0.0529. The van der Waals surface area contributed by atoms with Crippen molar-refractivity contribution < 1.29 is 9.53 Å². The molecule has 148 valence electrons. The molecule has 1 rings (SSSR count). The van der Waals surface area contributed by atoms with E-state index in [0.717, 1.165) is 32.1 Å². The Morgan fingerprint density at radius 3 is 2.40 bits per heavy atom. The van der Waals surface area contributed by atoms with Crippen molar-refractivity contribution in [3.05, 3.63) is 0 Å². The van der Waals surface area contributed by atoms with Crippen LogP contribution in [0.2, 0.25) is 0 Å². The van der Waals surface area contributed by atoms with Crippen molar-refractivity contribution in [3.8, 4) is 0 Å². The molecule has 0 saturated carbocycles. The number of carbonyl (C=O) groups excluding carboxylic acids is 1. The number of carbonyl (C=O) groups is 1. The third-order valence-corrected chi connectivity index (χ3v) is 3.79. The van der Waals surface area contributed by atoms with Gasteiger partial charge in [0.2, 0.25) is 0 Å². The molecule has 0 aromatic carbocycles. The van der Waals surface area contributed by atoms with Crippen LogP contribution < -0.4 is 16.0 Å². The number of piperazine rings is 1. The van der Waals surface area contributed by atoms with Crippen LogP contribution in [0, 0.1) is 0 Å². The van der Waals surface area contributed by atoms with E-state index in [1.807, 2.05) is 20.8 Å². The largest absolute Gasteiger partial charge is 0.444 e. The number of nitrogens with zero attached hydrogens (tertiary/aromatic N) is 3. The van der Waals surface area contributed by atoms with Crippen LogP contribution in [0.1, 0.15) is 20.8 Å². The predicted molar refractivity (Wildman–Crippen MR) is 113 cm³/mol. The van der Waals surface area contributed by atoms with Crippen molar-refractivity contribution in [3.63, 3.8) is 0 Å². The zero-order valence-electron chi connectivity index (χ0n) is 16.4. The standard InChI is InChI=1S/C16H34N6O2.HI/c1-16(2,3)24-15(23)19-8-7-18-14(17-4)20-11-13-12-21(5)9-10-22(13)6;/h13H,7-12H2,1-6H3,(H,19,23)(H2,17,18,20);1H. The summed E-state index contributed by atoms with van der Waals surface area (Å²) in [5.41, 5.74) is -0.478. The van der Waals surface area contributed by atoms with Gasteiger partial charge in [0.1, 0.15) is 5.60 Å². The maximum absolute atomic E-state index is 11.6. The summed E-state index contributed by atoms with van der Waals surface area (Å²) in [6.45, 7) is 10.6. The van der Waals surface area contributed by atoms with E-state index < -0.39 is 11.7 Å². The van der Waals surface area contributed by atoms with E-state index in [0.29, 0.717) is 19.1 Å². The Balaban J connectivity index is 0.00000576. The van der Waals surface area contributed by atoms with Gasteiger partial charge in [0, 0.05) is 52.4 Å². The number of guanidine groups is 1. The fourth-order valence-electron chi connectivity index (χ4n) is 2.42. The maximum Gasteiger partial charge on any atom is 0.407 e. The zero-order chi connectivity index (χ0) is 18.2. The van der Waals surface area contributed by atoms with Crippen LogP contribution in [0.15, 0.2) is 4.99 Å². The Morgan fingerprint density at radius 1 is 1.16 bits per heavy atom. The van der Waals surface area contributed by atoms with Gasteiger partial charge in [0.15, 0.2) is 5.96 Å². The Hall–Kier alpha value is -0.810. The van der Waals surface area contributed by atoms with Crippen molar-refractivity contribution in [2.75, 3.05) is 60.4 Å². The first kappa shape index (κ1) is 24.2. The molecule has 1 amide bonds. The summed E-state index contributed by atoms with van der Waals surface area (Å²) in [4.78, 5) is 20.5. The van der Waals surface area contributed by atoms with Gasteiger partial charge in [-0.05, 0) is 34.9 Å². The van der Waals surface area contributed by atoms with Gasteiger partial charge in [-0.15, -0.1) is 24.0 Å². The molecule has 0 radical (unpaired) electrons. The van der Waals surface area contributed by atoms with Gasteiger partial charge in [-0.25, -0.2) is 4.79 Å². The number of likely N-dealkylation sites (N-methyl/N-ethyl adjacent to an activating group) is 2. The Kier molecular flexibility index (Phi) is 11.4. The Morgan fingerprint density at radius 2 is 1.80 bits per heavy atom. The van der Waals surface area contributed by atoms with Gasteiger partial charge < -0.3 is 25.6 Å². The third kappa shape index (κ3) is 10.7. The van der Waals surface area contributed by atoms with Gasteiger partial charge in [-0.1, -0.05) is 0 Å². The summed E-state index contributed by atoms with van der Waals surface area (Å²) in [6, 6.07) is 0.460. The summed E-state index contributed by atoms with van der Waals surface area (Å²) >= 11 is 0. The van der Waals surface area contributed by atoms with Crippen LogP contribution in [0.5, 0.6) is 0 Å². The second-order valence-electron chi connectivity index (χ2n) is 7.21. The van der Waals surface area contributed by atoms with Crippen LogP contribution >= 0.6 is 24.0 Å². The molecular formula is C16H35IN6O2. The van der Waals surface area contributed by atoms with Crippen LogP contribution in [0.4, 0.5) is 4.79 Å². The quantitative estimate of drug-likeness (QED) is 0.236. The second-order valence-corrected chi connectivity index (χ2v) is 7.21. The number of alkyl carbamates (subject to hydrolysis) is 1. The van der Waals surface area contributed by atoms with Crippen molar-refractivity contribution in [2.45, 2.75) is 32.4 Å². The van der Waals surface area contributed by atoms with Crippen molar-refractivity contribution >= 4 is 36.0 Å². The van der Waals surface area contributed by atoms with E-state index in [1.54, 1.807) is 7.05 Å². The molecule has 0 aliphatic carbocycles. The van der Waals surface area contributed by atoms with E-state index in [1.165, 1.54) is 0 Å². The van der Waals surface area contributed by atoms with Crippen LogP contribution in [0.25, 0.3) is 0 Å². The second kappa shape index (κ2) is 11.7. The van der Waals surface area contributed by atoms with E-state index in [-0.39, 0.29) is 24.0 Å². The highest BCUT2D eigenvalue weighted by Crippen LogP contribution is 2.06. The minimum Gasteiger partial charge on any atom is -0.444 e. The molecule has 0 aromatic heterocycles. The molecule has 3 N–H and O–H groups in total. The van der Waals surface area contributed by atoms with Crippen molar-refractivity contribution in [2.24, 2.45) is 4.99 Å². The number of aliphatic imine (C=N–C) groups is 1. The lowest BCUT2D eigenvalue weighted by Gasteiger charge is -2.37. The first-order chi connectivity index (χ1) is 11.2. The first-order valence-electron chi connectivity index (χ1n) is 8.51. The van der Waals surface area contributed by atoms with Crippen LogP contribution in [-0.2, 0) is 4.74 Å². The van der Waals surface area contributed by atoms with E-state index in [4.69, 9.17) is 4.74 Å². The molecule has 1 heterocycles. The van der Waals surface area contributed by atoms with Crippen molar-refractivity contribution in [1.29, 1.82) is 0 Å². The normalized spacial score (nSPS) is 19.8. The average molecular weight is 470 g/mol. The Bertz CT molecular complexity index is 427. The SMILES string of the molecule is CN=C(NCCNC(=O)OC(C)(C)C)NCC1CN(C)CCN1C.I. The molecule has 0 bridgehead atoms. The number of amides is 1. The minimum absolute atomic E-state index is 0. The molecule has 0 aromatic rings. The number of rotatable bonds is 5. The fraction of sp³-hybridized carbons (Fsp3) is 0.875. The molecule has 8 nitrogen and oxygen atoms in total. The highest BCUT2D eigenvalue weighted by Gasteiger charge is 2.22. The minimum atomic E-state index is -0.478. The zero-order valence-corrected chi connectivity index (χ0v) is 18.7. The van der Waals surface area contributed by atoms with Crippen LogP contribution in [0.3, 0.4) is 0 Å². The predicted octanol–water partition coefficient (Wildman–Crippen LogP) is 0.540. The molecule has 25 heavy (non-hydrogen) atoms. The number of hydrogen-bond donors (Lipinski definition) is 3. The summed E-state index contributed by atoms with van der Waals surface area (Å²) in [7, 11) is 6.04. The third-order valence-electron chi connectivity index (χ3n) is 3.79. The highest BCUT2D eigenvalue weighted by molar-refractivity contribution is 14.0. The molecule has 1 atom stereocenters. The smallest absolute Gasteiger partial charge is 0.407 e. The molecule has 1 unspecified atom stereocenters. The molecule has 0 spiro atoms. The topological polar surface area (TPSA) is 81.2 Å². The lowest BCUT2D eigenvalue weighted by Crippen LogP contribution is -2.55. The summed E-state index contributed by atoms with van der Waals surface area (Å²) in [5, 5.41) is 9.25. The van der Waals surface area contributed by atoms with E-state index in [2.05, 4.69) is 44.8 Å². The molecule has 1 saturated heterocycles. The van der Waals surface area contributed by atoms with Gasteiger partial charge in [-0.3, -0.25) is 9.89 Å². The number of halogens is 1. The first-order valence-corrected chi connectivity index (χ1v) is 8.51. The van der Waals surface area contributed by atoms with E-state index in [9.17, 15) is 4.79 Å². The number of nitrogens with one attached hydrogen (secondary N) is 3. The monoisotopic (exact) mass is 470 g/mol. The summed E-state index contributed by atoms with van der Waals surface area (Å²) in [6.07, 6.45) is -0.404. The number of ether oxygens (including phenoxy) is 1. The van der Waals surface area contributed by atoms with Gasteiger partial charge in [-0.2, -0.15) is 0 Å². The Labute approximate surface area is 169 Å². The summed E-state index contributed by atoms with van der Waals surface area (Å²) in [5.74, 6) is 0.739. The van der Waals surface area contributed by atoms with Gasteiger partial charge in [0.05, 0.1) is 0 Å². The molecular weight excluding hydrogens is 435 g/mol. The lowest BCUT2D eigenvalue weighted by atomic mass is 10.2. The molecule has 1 aliphatic heterocycles. The maximum atomic E-state index is 11.6. The molecule has 1 fully saturated rings. The van der Waals surface area contributed by atoms with Crippen LogP contribution in [-0.4, -0.2) is 93.9 Å². The average Bonchev–Trinajstić information content (AvgIpc) is 2.48. The summed E-state index contributed by atoms with van der Waals surface area (Å²) < 4.78 is 5.19. The molecule has 1 aliphatic rings. The molecule has 9 heteroatoms. The fourth-order valence-corrected chi connectivity index (χ4v) is 2.42. The van der Waals surface area contributed by atoms with Gasteiger partial charge >= 0.3 is 6.09 Å².